The molecule has 0 bridgehead atoms. The first-order valence-electron chi connectivity index (χ1n) is 7.61. The molecule has 0 aromatic carbocycles. The number of aromatic nitrogens is 1. The highest BCUT2D eigenvalue weighted by Crippen LogP contribution is 2.18. The second kappa shape index (κ2) is 7.37. The van der Waals surface area contributed by atoms with E-state index in [-0.39, 0.29) is 0 Å². The van der Waals surface area contributed by atoms with Crippen LogP contribution in [0.4, 0.5) is 0 Å². The normalized spacial score (nSPS) is 23.0. The quantitative estimate of drug-likeness (QED) is 0.839. The molecule has 1 saturated heterocycles. The molecule has 0 radical (unpaired) electrons. The summed E-state index contributed by atoms with van der Waals surface area (Å²) in [5.74, 6) is 6.38. The minimum Gasteiger partial charge on any atom is -0.379 e. The predicted octanol–water partition coefficient (Wildman–Crippen LogP) is 1.75. The van der Waals surface area contributed by atoms with Crippen molar-refractivity contribution < 1.29 is 4.74 Å². The average Bonchev–Trinajstić information content (AvgIpc) is 2.56. The lowest BCUT2D eigenvalue weighted by molar-refractivity contribution is 0.00280. The first-order chi connectivity index (χ1) is 10.4. The Hall–Kier alpha value is -1.67. The first kappa shape index (κ1) is 14.3. The highest BCUT2D eigenvalue weighted by molar-refractivity contribution is 5.37. The van der Waals surface area contributed by atoms with E-state index in [1.807, 2.05) is 18.2 Å². The molecule has 1 aliphatic carbocycles. The summed E-state index contributed by atoms with van der Waals surface area (Å²) in [7, 11) is 0. The summed E-state index contributed by atoms with van der Waals surface area (Å²) < 4.78 is 5.36. The molecule has 0 saturated carbocycles. The van der Waals surface area contributed by atoms with Crippen molar-refractivity contribution >= 4 is 0 Å². The first-order valence-corrected chi connectivity index (χ1v) is 7.61. The summed E-state index contributed by atoms with van der Waals surface area (Å²) in [6, 6.07) is 6.35. The zero-order valence-electron chi connectivity index (χ0n) is 12.2. The Labute approximate surface area is 126 Å². The van der Waals surface area contributed by atoms with Gasteiger partial charge >= 0.3 is 0 Å². The molecule has 1 aromatic heterocycles. The number of allylic oxidation sites excluding steroid dienone is 1. The van der Waals surface area contributed by atoms with E-state index < -0.39 is 0 Å². The van der Waals surface area contributed by atoms with Gasteiger partial charge in [0.05, 0.1) is 13.2 Å². The number of hydrazine groups is 1. The van der Waals surface area contributed by atoms with Crippen LogP contribution in [0.3, 0.4) is 0 Å². The predicted molar refractivity (Wildman–Crippen MR) is 82.4 cm³/mol. The number of hydrogen-bond acceptors (Lipinski definition) is 4. The number of nitrogens with one attached hydrogen (secondary N) is 1. The van der Waals surface area contributed by atoms with Gasteiger partial charge in [0.1, 0.15) is 5.69 Å². The Bertz CT molecular complexity index is 538. The van der Waals surface area contributed by atoms with Crippen LogP contribution >= 0.6 is 0 Å². The van der Waals surface area contributed by atoms with Crippen LogP contribution in [0.5, 0.6) is 0 Å². The average molecular weight is 283 g/mol. The lowest BCUT2D eigenvalue weighted by atomic mass is 9.96. The number of hydrogen-bond donors (Lipinski definition) is 1. The summed E-state index contributed by atoms with van der Waals surface area (Å²) in [4.78, 5) is 4.22. The zero-order valence-corrected chi connectivity index (χ0v) is 12.2. The van der Waals surface area contributed by atoms with Gasteiger partial charge in [-0.1, -0.05) is 18.1 Å². The number of pyridine rings is 1. The number of morpholine rings is 1. The second-order valence-corrected chi connectivity index (χ2v) is 5.39. The molecule has 2 aliphatic rings. The summed E-state index contributed by atoms with van der Waals surface area (Å²) in [6.45, 7) is 3.62. The van der Waals surface area contributed by atoms with Gasteiger partial charge in [0.2, 0.25) is 0 Å². The van der Waals surface area contributed by atoms with E-state index in [0.717, 1.165) is 51.3 Å². The lowest BCUT2D eigenvalue weighted by Crippen LogP contribution is -2.50. The Balaban J connectivity index is 1.51. The van der Waals surface area contributed by atoms with E-state index in [2.05, 4.69) is 33.3 Å². The van der Waals surface area contributed by atoms with Crippen LogP contribution in [0.25, 0.3) is 0 Å². The van der Waals surface area contributed by atoms with Gasteiger partial charge in [-0.05, 0) is 42.9 Å². The molecular formula is C17H21N3O. The van der Waals surface area contributed by atoms with Crippen LogP contribution in [0, 0.1) is 11.8 Å². The molecule has 1 atom stereocenters. The van der Waals surface area contributed by atoms with Crippen molar-refractivity contribution in [2.24, 2.45) is 0 Å². The third kappa shape index (κ3) is 4.40. The van der Waals surface area contributed by atoms with Crippen molar-refractivity contribution in [1.29, 1.82) is 0 Å². The lowest BCUT2D eigenvalue weighted by Gasteiger charge is -2.32. The fourth-order valence-corrected chi connectivity index (χ4v) is 2.60. The minimum absolute atomic E-state index is 0.531. The Morgan fingerprint density at radius 1 is 1.24 bits per heavy atom. The molecule has 4 heteroatoms. The molecule has 2 heterocycles. The van der Waals surface area contributed by atoms with Crippen molar-refractivity contribution in [3.63, 3.8) is 0 Å². The smallest absolute Gasteiger partial charge is 0.113 e. The Kier molecular flexibility index (Phi) is 5.01. The molecule has 1 N–H and O–H groups in total. The summed E-state index contributed by atoms with van der Waals surface area (Å²) in [5, 5.41) is 2.28. The summed E-state index contributed by atoms with van der Waals surface area (Å²) >= 11 is 0. The highest BCUT2D eigenvalue weighted by Gasteiger charge is 2.17. The van der Waals surface area contributed by atoms with Crippen LogP contribution in [0.2, 0.25) is 0 Å². The monoisotopic (exact) mass is 283 g/mol. The highest BCUT2D eigenvalue weighted by atomic mass is 16.5. The van der Waals surface area contributed by atoms with Crippen LogP contribution in [-0.2, 0) is 4.74 Å². The molecule has 0 spiro atoms. The van der Waals surface area contributed by atoms with Crippen LogP contribution in [0.1, 0.15) is 25.0 Å². The van der Waals surface area contributed by atoms with E-state index in [9.17, 15) is 0 Å². The standard InChI is InChI=1S/C17H21N3O/c1-2-10-18-16(3-1)7-4-15-5-8-17(9-6-15)19-20-11-13-21-14-12-20/h1-3,5,10,17,19H,6,8-9,11-14H2. The second-order valence-electron chi connectivity index (χ2n) is 5.39. The fraction of sp³-hybridized carbons (Fsp3) is 0.471. The molecule has 4 nitrogen and oxygen atoms in total. The van der Waals surface area contributed by atoms with Crippen LogP contribution in [-0.4, -0.2) is 42.3 Å². The number of nitrogens with zero attached hydrogens (tertiary/aromatic N) is 2. The largest absolute Gasteiger partial charge is 0.379 e. The van der Waals surface area contributed by atoms with Gasteiger partial charge in [0, 0.05) is 25.3 Å². The van der Waals surface area contributed by atoms with E-state index >= 15 is 0 Å². The maximum absolute atomic E-state index is 5.36. The fourth-order valence-electron chi connectivity index (χ4n) is 2.60. The molecule has 1 aliphatic heterocycles. The van der Waals surface area contributed by atoms with Gasteiger partial charge in [0.25, 0.3) is 0 Å². The molecule has 1 unspecified atom stereocenters. The van der Waals surface area contributed by atoms with E-state index in [0.29, 0.717) is 6.04 Å². The Morgan fingerprint density at radius 2 is 2.14 bits per heavy atom. The third-order valence-corrected chi connectivity index (χ3v) is 3.80. The van der Waals surface area contributed by atoms with Gasteiger partial charge in [-0.25, -0.2) is 9.99 Å². The maximum atomic E-state index is 5.36. The van der Waals surface area contributed by atoms with Crippen molar-refractivity contribution in [2.75, 3.05) is 26.3 Å². The zero-order chi connectivity index (χ0) is 14.3. The van der Waals surface area contributed by atoms with Crippen molar-refractivity contribution in [3.05, 3.63) is 41.7 Å². The number of rotatable bonds is 2. The topological polar surface area (TPSA) is 37.4 Å². The molecule has 1 fully saturated rings. The van der Waals surface area contributed by atoms with Gasteiger partial charge in [0.15, 0.2) is 0 Å². The van der Waals surface area contributed by atoms with Crippen molar-refractivity contribution in [1.82, 2.24) is 15.4 Å². The third-order valence-electron chi connectivity index (χ3n) is 3.80. The van der Waals surface area contributed by atoms with Crippen LogP contribution < -0.4 is 5.43 Å². The molecule has 3 rings (SSSR count). The Morgan fingerprint density at radius 3 is 2.86 bits per heavy atom. The minimum atomic E-state index is 0.531. The molecule has 1 aromatic rings. The van der Waals surface area contributed by atoms with Gasteiger partial charge in [-0.3, -0.25) is 5.43 Å². The van der Waals surface area contributed by atoms with Crippen molar-refractivity contribution in [3.8, 4) is 11.8 Å². The van der Waals surface area contributed by atoms with E-state index in [1.54, 1.807) is 6.20 Å². The molecule has 110 valence electrons. The van der Waals surface area contributed by atoms with Gasteiger partial charge in [-0.15, -0.1) is 0 Å². The van der Waals surface area contributed by atoms with E-state index in [1.165, 1.54) is 5.57 Å². The maximum Gasteiger partial charge on any atom is 0.113 e. The SMILES string of the molecule is C(#Cc1ccccn1)C1=CCC(NN2CCOCC2)CC1. The summed E-state index contributed by atoms with van der Waals surface area (Å²) in [5.41, 5.74) is 5.68. The van der Waals surface area contributed by atoms with E-state index in [4.69, 9.17) is 4.74 Å². The molecular weight excluding hydrogens is 262 g/mol. The van der Waals surface area contributed by atoms with Gasteiger partial charge in [-0.2, -0.15) is 0 Å². The van der Waals surface area contributed by atoms with Crippen molar-refractivity contribution in [2.45, 2.75) is 25.3 Å². The molecule has 21 heavy (non-hydrogen) atoms. The van der Waals surface area contributed by atoms with Gasteiger partial charge < -0.3 is 4.74 Å². The number of ether oxygens (including phenoxy) is 1. The molecule has 0 amide bonds. The van der Waals surface area contributed by atoms with Crippen LogP contribution in [0.15, 0.2) is 36.0 Å². The summed E-state index contributed by atoms with van der Waals surface area (Å²) in [6.07, 6.45) is 7.27.